The van der Waals surface area contributed by atoms with E-state index in [4.69, 9.17) is 5.73 Å². The van der Waals surface area contributed by atoms with Crippen LogP contribution in [0.3, 0.4) is 0 Å². The summed E-state index contributed by atoms with van der Waals surface area (Å²) in [6.45, 7) is 7.40. The highest BCUT2D eigenvalue weighted by atomic mass is 15.3. The zero-order chi connectivity index (χ0) is 13.0. The van der Waals surface area contributed by atoms with E-state index < -0.39 is 0 Å². The van der Waals surface area contributed by atoms with Crippen LogP contribution in [-0.4, -0.2) is 55.5 Å². The van der Waals surface area contributed by atoms with Crippen molar-refractivity contribution in [3.8, 4) is 0 Å². The summed E-state index contributed by atoms with van der Waals surface area (Å²) in [6.07, 6.45) is 5.98. The van der Waals surface area contributed by atoms with Crippen LogP contribution in [0.25, 0.3) is 0 Å². The Morgan fingerprint density at radius 3 is 3.00 bits per heavy atom. The van der Waals surface area contributed by atoms with Gasteiger partial charge in [-0.2, -0.15) is 0 Å². The molecule has 1 saturated heterocycles. The van der Waals surface area contributed by atoms with E-state index in [1.165, 1.54) is 18.4 Å². The summed E-state index contributed by atoms with van der Waals surface area (Å²) in [4.78, 5) is 9.13. The van der Waals surface area contributed by atoms with E-state index in [1.54, 1.807) is 0 Å². The first-order valence-corrected chi connectivity index (χ1v) is 7.06. The molecule has 0 aliphatic carbocycles. The largest absolute Gasteiger partial charge is 0.370 e. The topological polar surface area (TPSA) is 44.9 Å². The summed E-state index contributed by atoms with van der Waals surface area (Å²) < 4.78 is 0. The predicted octanol–water partition coefficient (Wildman–Crippen LogP) is 1.29. The van der Waals surface area contributed by atoms with Crippen molar-refractivity contribution in [1.82, 2.24) is 9.80 Å². The van der Waals surface area contributed by atoms with Gasteiger partial charge in [0.25, 0.3) is 0 Å². The Labute approximate surface area is 111 Å². The lowest BCUT2D eigenvalue weighted by Gasteiger charge is -2.31. The highest BCUT2D eigenvalue weighted by Gasteiger charge is 2.17. The number of nitrogens with two attached hydrogens (primary N) is 1. The van der Waals surface area contributed by atoms with Crippen molar-refractivity contribution in [3.63, 3.8) is 0 Å². The first kappa shape index (κ1) is 13.4. The lowest BCUT2D eigenvalue weighted by Crippen LogP contribution is -2.43. The van der Waals surface area contributed by atoms with Gasteiger partial charge in [0.15, 0.2) is 5.96 Å². The fourth-order valence-corrected chi connectivity index (χ4v) is 2.64. The number of hydrogen-bond donors (Lipinski definition) is 1. The van der Waals surface area contributed by atoms with Crippen LogP contribution in [0.15, 0.2) is 16.6 Å². The lowest BCUT2D eigenvalue weighted by atomic mass is 10.0. The quantitative estimate of drug-likeness (QED) is 0.456. The third-order valence-corrected chi connectivity index (χ3v) is 3.93. The minimum atomic E-state index is 0.737. The van der Waals surface area contributed by atoms with E-state index in [1.807, 2.05) is 0 Å². The molecule has 0 spiro atoms. The fourth-order valence-electron chi connectivity index (χ4n) is 2.64. The lowest BCUT2D eigenvalue weighted by molar-refractivity contribution is 0.270. The molecule has 0 bridgehead atoms. The zero-order valence-electron chi connectivity index (χ0n) is 11.7. The van der Waals surface area contributed by atoms with E-state index in [0.29, 0.717) is 0 Å². The highest BCUT2D eigenvalue weighted by Crippen LogP contribution is 2.15. The molecule has 2 aliphatic heterocycles. The Hall–Kier alpha value is -1.03. The number of aliphatic imine (C=N–C) groups is 1. The Bertz CT molecular complexity index is 335. The molecule has 0 radical (unpaired) electrons. The molecule has 4 nitrogen and oxygen atoms in total. The van der Waals surface area contributed by atoms with E-state index in [0.717, 1.165) is 51.0 Å². The van der Waals surface area contributed by atoms with Crippen LogP contribution in [0.5, 0.6) is 0 Å². The highest BCUT2D eigenvalue weighted by molar-refractivity contribution is 5.78. The van der Waals surface area contributed by atoms with Gasteiger partial charge in [0.1, 0.15) is 0 Å². The number of guanidine groups is 1. The molecule has 18 heavy (non-hydrogen) atoms. The predicted molar refractivity (Wildman–Crippen MR) is 76.7 cm³/mol. The van der Waals surface area contributed by atoms with E-state index >= 15 is 0 Å². The Morgan fingerprint density at radius 1 is 1.50 bits per heavy atom. The van der Waals surface area contributed by atoms with Crippen molar-refractivity contribution >= 4 is 5.96 Å². The van der Waals surface area contributed by atoms with Crippen LogP contribution >= 0.6 is 0 Å². The summed E-state index contributed by atoms with van der Waals surface area (Å²) in [5, 5.41) is 0. The van der Waals surface area contributed by atoms with Crippen molar-refractivity contribution in [2.45, 2.75) is 26.2 Å². The maximum atomic E-state index is 6.09. The molecule has 102 valence electrons. The molecule has 1 fully saturated rings. The van der Waals surface area contributed by atoms with E-state index in [9.17, 15) is 0 Å². The molecular formula is C14H26N4. The molecular weight excluding hydrogens is 224 g/mol. The van der Waals surface area contributed by atoms with Gasteiger partial charge in [0, 0.05) is 26.2 Å². The van der Waals surface area contributed by atoms with Crippen molar-refractivity contribution < 1.29 is 0 Å². The molecule has 0 aromatic carbocycles. The van der Waals surface area contributed by atoms with Gasteiger partial charge in [0.2, 0.25) is 0 Å². The monoisotopic (exact) mass is 250 g/mol. The second-order valence-corrected chi connectivity index (χ2v) is 5.74. The molecule has 2 rings (SSSR count). The first-order chi connectivity index (χ1) is 8.65. The first-order valence-electron chi connectivity index (χ1n) is 7.06. The molecule has 0 aromatic heterocycles. The van der Waals surface area contributed by atoms with Gasteiger partial charge in [-0.25, -0.2) is 4.99 Å². The van der Waals surface area contributed by atoms with Gasteiger partial charge >= 0.3 is 0 Å². The third-order valence-electron chi connectivity index (χ3n) is 3.93. The number of likely N-dealkylation sites (tertiary alicyclic amines) is 1. The summed E-state index contributed by atoms with van der Waals surface area (Å²) in [5.41, 5.74) is 7.52. The van der Waals surface area contributed by atoms with Gasteiger partial charge in [-0.05, 0) is 32.2 Å². The summed E-state index contributed by atoms with van der Waals surface area (Å²) in [7, 11) is 2.15. The normalized spacial score (nSPS) is 27.2. The summed E-state index contributed by atoms with van der Waals surface area (Å²) in [6, 6.07) is 0. The maximum absolute atomic E-state index is 6.09. The molecule has 2 aliphatic rings. The number of rotatable bonds is 2. The molecule has 1 unspecified atom stereocenters. The Kier molecular flexibility index (Phi) is 4.64. The number of piperidine rings is 1. The van der Waals surface area contributed by atoms with Gasteiger partial charge in [-0.3, -0.25) is 0 Å². The second kappa shape index (κ2) is 6.23. The molecule has 4 heteroatoms. The van der Waals surface area contributed by atoms with Gasteiger partial charge in [0.05, 0.1) is 6.54 Å². The van der Waals surface area contributed by atoms with Gasteiger partial charge in [-0.1, -0.05) is 18.6 Å². The summed E-state index contributed by atoms with van der Waals surface area (Å²) >= 11 is 0. The standard InChI is InChI=1S/C14H26N4/c1-12-4-3-7-18(11-12)14(15)16-10-13-5-8-17(2)9-6-13/h5,12H,3-4,6-11H2,1-2H3,(H2,15,16). The number of hydrogen-bond acceptors (Lipinski definition) is 2. The Balaban J connectivity index is 1.84. The minimum Gasteiger partial charge on any atom is -0.370 e. The second-order valence-electron chi connectivity index (χ2n) is 5.74. The van der Waals surface area contributed by atoms with E-state index in [2.05, 4.69) is 34.8 Å². The Morgan fingerprint density at radius 2 is 2.33 bits per heavy atom. The molecule has 1 atom stereocenters. The molecule has 2 N–H and O–H groups in total. The van der Waals surface area contributed by atoms with Crippen molar-refractivity contribution in [2.24, 2.45) is 16.6 Å². The van der Waals surface area contributed by atoms with E-state index in [-0.39, 0.29) is 0 Å². The zero-order valence-corrected chi connectivity index (χ0v) is 11.7. The van der Waals surface area contributed by atoms with Crippen LogP contribution in [0.1, 0.15) is 26.2 Å². The van der Waals surface area contributed by atoms with Crippen LogP contribution in [0.2, 0.25) is 0 Å². The van der Waals surface area contributed by atoms with Crippen molar-refractivity contribution in [1.29, 1.82) is 0 Å². The molecule has 0 aromatic rings. The van der Waals surface area contributed by atoms with Gasteiger partial charge < -0.3 is 15.5 Å². The average molecular weight is 250 g/mol. The number of nitrogens with zero attached hydrogens (tertiary/aromatic N) is 3. The molecule has 0 saturated carbocycles. The average Bonchev–Trinajstić information content (AvgIpc) is 2.38. The summed E-state index contributed by atoms with van der Waals surface area (Å²) in [5.74, 6) is 1.48. The SMILES string of the molecule is CC1CCCN(C(N)=NCC2=CCN(C)CC2)C1. The molecule has 0 amide bonds. The minimum absolute atomic E-state index is 0.737. The van der Waals surface area contributed by atoms with Gasteiger partial charge in [-0.15, -0.1) is 0 Å². The number of likely N-dealkylation sites (N-methyl/N-ethyl adjacent to an activating group) is 1. The third kappa shape index (κ3) is 3.73. The maximum Gasteiger partial charge on any atom is 0.191 e. The van der Waals surface area contributed by atoms with Crippen molar-refractivity contribution in [3.05, 3.63) is 11.6 Å². The fraction of sp³-hybridized carbons (Fsp3) is 0.786. The molecule has 2 heterocycles. The van der Waals surface area contributed by atoms with Crippen LogP contribution < -0.4 is 5.73 Å². The van der Waals surface area contributed by atoms with Crippen molar-refractivity contribution in [2.75, 3.05) is 39.8 Å². The van der Waals surface area contributed by atoms with Crippen LogP contribution in [0, 0.1) is 5.92 Å². The van der Waals surface area contributed by atoms with Crippen LogP contribution in [0.4, 0.5) is 0 Å². The van der Waals surface area contributed by atoms with Crippen LogP contribution in [-0.2, 0) is 0 Å². The smallest absolute Gasteiger partial charge is 0.191 e.